The summed E-state index contributed by atoms with van der Waals surface area (Å²) >= 11 is 12.1. The summed E-state index contributed by atoms with van der Waals surface area (Å²) < 4.78 is 16.6. The SMILES string of the molecule is COc1ccc(-c2oc3ccc(Cl)cc3c(=O)c2OC(=O)c2ccccc2Cl)cc1. The van der Waals surface area contributed by atoms with Crippen molar-refractivity contribution >= 4 is 40.1 Å². The lowest BCUT2D eigenvalue weighted by atomic mass is 10.1. The highest BCUT2D eigenvalue weighted by Gasteiger charge is 2.22. The molecule has 30 heavy (non-hydrogen) atoms. The molecule has 1 aromatic heterocycles. The van der Waals surface area contributed by atoms with Crippen LogP contribution in [0.15, 0.2) is 75.9 Å². The Hall–Kier alpha value is -3.28. The Balaban J connectivity index is 1.90. The Kier molecular flexibility index (Phi) is 5.48. The lowest BCUT2D eigenvalue weighted by molar-refractivity contribution is 0.0731. The molecule has 0 aliphatic rings. The fourth-order valence-electron chi connectivity index (χ4n) is 2.95. The Morgan fingerprint density at radius 2 is 1.70 bits per heavy atom. The van der Waals surface area contributed by atoms with Crippen LogP contribution >= 0.6 is 23.2 Å². The van der Waals surface area contributed by atoms with Crippen molar-refractivity contribution < 1.29 is 18.7 Å². The third-order valence-electron chi connectivity index (χ3n) is 4.45. The molecule has 7 heteroatoms. The van der Waals surface area contributed by atoms with Crippen LogP contribution in [0, 0.1) is 0 Å². The van der Waals surface area contributed by atoms with E-state index in [1.807, 2.05) is 0 Å². The first-order valence-corrected chi connectivity index (χ1v) is 9.61. The highest BCUT2D eigenvalue weighted by Crippen LogP contribution is 2.33. The molecule has 0 unspecified atom stereocenters. The zero-order valence-electron chi connectivity index (χ0n) is 15.6. The maximum absolute atomic E-state index is 13.2. The lowest BCUT2D eigenvalue weighted by Gasteiger charge is -2.11. The minimum absolute atomic E-state index is 0.109. The minimum atomic E-state index is -0.774. The van der Waals surface area contributed by atoms with Gasteiger partial charge < -0.3 is 13.9 Å². The van der Waals surface area contributed by atoms with Crippen molar-refractivity contribution in [3.8, 4) is 22.8 Å². The van der Waals surface area contributed by atoms with Gasteiger partial charge in [-0.2, -0.15) is 0 Å². The number of hydrogen-bond donors (Lipinski definition) is 0. The quantitative estimate of drug-likeness (QED) is 0.364. The van der Waals surface area contributed by atoms with Gasteiger partial charge in [-0.15, -0.1) is 0 Å². The largest absolute Gasteiger partial charge is 0.497 e. The number of methoxy groups -OCH3 is 1. The molecule has 3 aromatic carbocycles. The van der Waals surface area contributed by atoms with Gasteiger partial charge in [0.2, 0.25) is 11.2 Å². The molecule has 1 heterocycles. The molecule has 0 aliphatic heterocycles. The molecular weight excluding hydrogens is 427 g/mol. The second-order valence-corrected chi connectivity index (χ2v) is 7.17. The number of fused-ring (bicyclic) bond motifs is 1. The fraction of sp³-hybridized carbons (Fsp3) is 0.0435. The van der Waals surface area contributed by atoms with Crippen LogP contribution in [0.4, 0.5) is 0 Å². The van der Waals surface area contributed by atoms with Crippen LogP contribution in [0.2, 0.25) is 10.0 Å². The van der Waals surface area contributed by atoms with Gasteiger partial charge in [-0.25, -0.2) is 4.79 Å². The van der Waals surface area contributed by atoms with Crippen molar-refractivity contribution in [1.29, 1.82) is 0 Å². The molecule has 0 aliphatic carbocycles. The zero-order valence-corrected chi connectivity index (χ0v) is 17.2. The average Bonchev–Trinajstić information content (AvgIpc) is 2.76. The van der Waals surface area contributed by atoms with E-state index in [0.29, 0.717) is 21.9 Å². The Bertz CT molecular complexity index is 1310. The predicted molar refractivity (Wildman–Crippen MR) is 116 cm³/mol. The molecule has 0 spiro atoms. The molecule has 4 aromatic rings. The van der Waals surface area contributed by atoms with Crippen molar-refractivity contribution in [1.82, 2.24) is 0 Å². The summed E-state index contributed by atoms with van der Waals surface area (Å²) in [5.74, 6) is -0.287. The molecule has 0 atom stereocenters. The molecule has 0 saturated carbocycles. The van der Waals surface area contributed by atoms with E-state index in [4.69, 9.17) is 37.1 Å². The van der Waals surface area contributed by atoms with Crippen LogP contribution < -0.4 is 14.9 Å². The highest BCUT2D eigenvalue weighted by atomic mass is 35.5. The number of rotatable bonds is 4. The van der Waals surface area contributed by atoms with Gasteiger partial charge in [0.05, 0.1) is 23.1 Å². The smallest absolute Gasteiger partial charge is 0.345 e. The van der Waals surface area contributed by atoms with Crippen molar-refractivity contribution in [2.45, 2.75) is 0 Å². The van der Waals surface area contributed by atoms with Crippen LogP contribution in [-0.4, -0.2) is 13.1 Å². The summed E-state index contributed by atoms with van der Waals surface area (Å²) in [6.07, 6.45) is 0. The first kappa shape index (κ1) is 20.0. The van der Waals surface area contributed by atoms with Gasteiger partial charge in [0.15, 0.2) is 5.76 Å². The summed E-state index contributed by atoms with van der Waals surface area (Å²) in [4.78, 5) is 25.9. The van der Waals surface area contributed by atoms with Gasteiger partial charge in [-0.05, 0) is 54.6 Å². The molecule has 4 rings (SSSR count). The second kappa shape index (κ2) is 8.22. The molecule has 0 saturated heterocycles. The van der Waals surface area contributed by atoms with Crippen molar-refractivity contribution in [3.05, 3.63) is 92.6 Å². The predicted octanol–water partition coefficient (Wildman–Crippen LogP) is 5.99. The average molecular weight is 441 g/mol. The normalized spacial score (nSPS) is 10.8. The van der Waals surface area contributed by atoms with E-state index in [1.54, 1.807) is 61.7 Å². The van der Waals surface area contributed by atoms with Crippen LogP contribution in [0.25, 0.3) is 22.3 Å². The van der Waals surface area contributed by atoms with E-state index < -0.39 is 11.4 Å². The molecule has 0 radical (unpaired) electrons. The summed E-state index contributed by atoms with van der Waals surface area (Å²) in [6.45, 7) is 0. The lowest BCUT2D eigenvalue weighted by Crippen LogP contribution is -2.16. The number of carbonyl (C=O) groups is 1. The maximum atomic E-state index is 13.2. The highest BCUT2D eigenvalue weighted by molar-refractivity contribution is 6.33. The topological polar surface area (TPSA) is 65.7 Å². The third-order valence-corrected chi connectivity index (χ3v) is 5.02. The van der Waals surface area contributed by atoms with Gasteiger partial charge in [-0.1, -0.05) is 35.3 Å². The van der Waals surface area contributed by atoms with Crippen molar-refractivity contribution in [2.75, 3.05) is 7.11 Å². The van der Waals surface area contributed by atoms with Crippen LogP contribution in [0.5, 0.6) is 11.5 Å². The van der Waals surface area contributed by atoms with Gasteiger partial charge >= 0.3 is 5.97 Å². The van der Waals surface area contributed by atoms with Crippen LogP contribution in [-0.2, 0) is 0 Å². The van der Waals surface area contributed by atoms with Crippen molar-refractivity contribution in [2.24, 2.45) is 0 Å². The Labute approximate surface area is 181 Å². The van der Waals surface area contributed by atoms with Crippen LogP contribution in [0.1, 0.15) is 10.4 Å². The Morgan fingerprint density at radius 1 is 0.967 bits per heavy atom. The van der Waals surface area contributed by atoms with Gasteiger partial charge in [0.1, 0.15) is 11.3 Å². The first-order valence-electron chi connectivity index (χ1n) is 8.85. The molecule has 0 N–H and O–H groups in total. The summed E-state index contributed by atoms with van der Waals surface area (Å²) in [6, 6.07) is 17.9. The molecule has 5 nitrogen and oxygen atoms in total. The van der Waals surface area contributed by atoms with Crippen molar-refractivity contribution in [3.63, 3.8) is 0 Å². The molecule has 0 bridgehead atoms. The molecule has 0 amide bonds. The molecular formula is C23H14Cl2O5. The van der Waals surface area contributed by atoms with E-state index in [-0.39, 0.29) is 27.5 Å². The first-order chi connectivity index (χ1) is 14.5. The summed E-state index contributed by atoms with van der Waals surface area (Å²) in [5.41, 5.74) is 0.454. The number of benzene rings is 3. The third kappa shape index (κ3) is 3.77. The number of carbonyl (C=O) groups excluding carboxylic acids is 1. The van der Waals surface area contributed by atoms with E-state index in [1.165, 1.54) is 12.1 Å². The van der Waals surface area contributed by atoms with Gasteiger partial charge in [-0.3, -0.25) is 4.79 Å². The van der Waals surface area contributed by atoms with Gasteiger partial charge in [0.25, 0.3) is 0 Å². The summed E-state index contributed by atoms with van der Waals surface area (Å²) in [7, 11) is 1.55. The molecule has 150 valence electrons. The molecule has 0 fully saturated rings. The fourth-order valence-corrected chi connectivity index (χ4v) is 3.33. The minimum Gasteiger partial charge on any atom is -0.497 e. The van der Waals surface area contributed by atoms with E-state index in [2.05, 4.69) is 0 Å². The number of hydrogen-bond acceptors (Lipinski definition) is 5. The van der Waals surface area contributed by atoms with Crippen LogP contribution in [0.3, 0.4) is 0 Å². The maximum Gasteiger partial charge on any atom is 0.345 e. The van der Waals surface area contributed by atoms with E-state index >= 15 is 0 Å². The number of esters is 1. The monoisotopic (exact) mass is 440 g/mol. The van der Waals surface area contributed by atoms with E-state index in [9.17, 15) is 9.59 Å². The number of ether oxygens (including phenoxy) is 2. The van der Waals surface area contributed by atoms with Gasteiger partial charge in [0, 0.05) is 10.6 Å². The summed E-state index contributed by atoms with van der Waals surface area (Å²) in [5, 5.41) is 0.763. The Morgan fingerprint density at radius 3 is 2.40 bits per heavy atom. The standard InChI is InChI=1S/C23H14Cl2O5/c1-28-15-9-6-13(7-10-15)21-22(30-23(27)16-4-2-3-5-18(16)25)20(26)17-12-14(24)8-11-19(17)29-21/h2-12H,1H3. The zero-order chi connectivity index (χ0) is 21.3. The second-order valence-electron chi connectivity index (χ2n) is 6.33. The van der Waals surface area contributed by atoms with E-state index in [0.717, 1.165) is 0 Å². The number of halogens is 2.